The van der Waals surface area contributed by atoms with Crippen LogP contribution in [0.5, 0.6) is 6.01 Å². The van der Waals surface area contributed by atoms with Crippen LogP contribution in [0.25, 0.3) is 22.2 Å². The van der Waals surface area contributed by atoms with Crippen LogP contribution in [0.3, 0.4) is 0 Å². The van der Waals surface area contributed by atoms with Gasteiger partial charge in [-0.05, 0) is 13.0 Å². The fourth-order valence-corrected chi connectivity index (χ4v) is 8.77. The minimum absolute atomic E-state index is 0.102. The van der Waals surface area contributed by atoms with E-state index >= 15 is 4.39 Å². The second kappa shape index (κ2) is 10.9. The van der Waals surface area contributed by atoms with Crippen molar-refractivity contribution in [1.29, 1.82) is 0 Å². The van der Waals surface area contributed by atoms with Gasteiger partial charge in [-0.3, -0.25) is 0 Å². The number of hydrogen-bond donors (Lipinski definition) is 1. The fourth-order valence-electron chi connectivity index (χ4n) is 7.88. The summed E-state index contributed by atoms with van der Waals surface area (Å²) in [4.78, 5) is 17.5. The van der Waals surface area contributed by atoms with Crippen molar-refractivity contribution in [3.8, 4) is 17.3 Å². The number of hydrogen-bond acceptors (Lipinski definition) is 7. The van der Waals surface area contributed by atoms with Crippen LogP contribution in [-0.4, -0.2) is 92.8 Å². The number of anilines is 1. The molecule has 14 heteroatoms. The summed E-state index contributed by atoms with van der Waals surface area (Å²) >= 11 is 8.71. The first-order chi connectivity index (χ1) is 20.8. The van der Waals surface area contributed by atoms with Crippen molar-refractivity contribution in [2.24, 2.45) is 0 Å². The van der Waals surface area contributed by atoms with Crippen LogP contribution >= 0.6 is 11.6 Å². The maximum atomic E-state index is 16.7. The van der Waals surface area contributed by atoms with Crippen LogP contribution < -0.4 is 19.4 Å². The predicted molar refractivity (Wildman–Crippen MR) is 158 cm³/mol. The summed E-state index contributed by atoms with van der Waals surface area (Å²) in [6, 6.07) is 3.04. The number of pyridine rings is 1. The van der Waals surface area contributed by atoms with Crippen molar-refractivity contribution in [2.75, 3.05) is 31.1 Å². The van der Waals surface area contributed by atoms with Gasteiger partial charge in [0.05, 0.1) is 0 Å². The van der Waals surface area contributed by atoms with Crippen LogP contribution in [0.4, 0.5) is 27.8 Å². The summed E-state index contributed by atoms with van der Waals surface area (Å²) in [5, 5.41) is 3.61. The predicted octanol–water partition coefficient (Wildman–Crippen LogP) is 4.89. The van der Waals surface area contributed by atoms with Gasteiger partial charge in [0.1, 0.15) is 6.17 Å². The Labute approximate surface area is 265 Å². The second-order valence-electron chi connectivity index (χ2n) is 12.5. The molecule has 0 spiro atoms. The van der Waals surface area contributed by atoms with Crippen LogP contribution in [0.1, 0.15) is 50.2 Å². The van der Waals surface area contributed by atoms with E-state index in [-0.39, 0.29) is 44.1 Å². The molecule has 3 aromatic rings. The van der Waals surface area contributed by atoms with Crippen molar-refractivity contribution in [1.82, 2.24) is 25.2 Å². The molecular formula is C30H31AsClF5N6O. The molecule has 1 N–H and O–H groups in total. The van der Waals surface area contributed by atoms with E-state index < -0.39 is 46.6 Å². The summed E-state index contributed by atoms with van der Waals surface area (Å²) in [6.07, 6.45) is -2.33. The van der Waals surface area contributed by atoms with E-state index in [0.29, 0.717) is 31.9 Å². The van der Waals surface area contributed by atoms with Crippen LogP contribution in [0.15, 0.2) is 12.1 Å². The third-order valence-corrected chi connectivity index (χ3v) is 10.6. The average molecular weight is 697 g/mol. The number of piperazine rings is 1. The molecule has 234 valence electrons. The molecule has 4 saturated heterocycles. The van der Waals surface area contributed by atoms with Crippen LogP contribution in [-0.2, 0) is 6.18 Å². The topological polar surface area (TPSA) is 66.4 Å². The molecule has 2 radical (unpaired) electrons. The molecule has 3 unspecified atom stereocenters. The molecular weight excluding hydrogens is 666 g/mol. The molecule has 0 amide bonds. The SMILES string of the molecule is Cc1cc([As])nc(-c2c(Cl)cc3c(N4CC5CCC(C4)N5)nc(OC(C)[C@]45CCCN4C[C@H](F)C5)nc3c2F)c1C(F)(F)F. The molecule has 2 bridgehead atoms. The molecule has 1 aromatic carbocycles. The van der Waals surface area contributed by atoms with E-state index in [4.69, 9.17) is 21.3 Å². The first-order valence-electron chi connectivity index (χ1n) is 14.9. The van der Waals surface area contributed by atoms with E-state index in [1.807, 2.05) is 11.8 Å². The average Bonchev–Trinajstić information content (AvgIpc) is 3.58. The molecule has 6 heterocycles. The molecule has 44 heavy (non-hydrogen) atoms. The van der Waals surface area contributed by atoms with Gasteiger partial charge in [-0.2, -0.15) is 0 Å². The first-order valence-corrected chi connectivity index (χ1v) is 16.2. The van der Waals surface area contributed by atoms with Crippen LogP contribution in [0.2, 0.25) is 5.02 Å². The molecule has 5 atom stereocenters. The zero-order chi connectivity index (χ0) is 31.1. The number of nitrogens with one attached hydrogen (secondary N) is 1. The van der Waals surface area contributed by atoms with Gasteiger partial charge in [0.2, 0.25) is 0 Å². The van der Waals surface area contributed by atoms with Gasteiger partial charge >= 0.3 is 236 Å². The molecule has 7 rings (SSSR count). The maximum absolute atomic E-state index is 16.7. The zero-order valence-electron chi connectivity index (χ0n) is 24.2. The van der Waals surface area contributed by atoms with E-state index in [1.165, 1.54) is 19.1 Å². The van der Waals surface area contributed by atoms with Gasteiger partial charge in [0.25, 0.3) is 0 Å². The Hall–Kier alpha value is -2.27. The van der Waals surface area contributed by atoms with Gasteiger partial charge in [-0.25, -0.2) is 4.39 Å². The Morgan fingerprint density at radius 3 is 2.57 bits per heavy atom. The van der Waals surface area contributed by atoms with Crippen molar-refractivity contribution < 1.29 is 26.7 Å². The fraction of sp³-hybridized carbons (Fsp3) is 0.567. The molecule has 7 nitrogen and oxygen atoms in total. The number of halogens is 6. The Balaban J connectivity index is 1.40. The molecule has 2 aromatic heterocycles. The van der Waals surface area contributed by atoms with Crippen LogP contribution in [0, 0.1) is 12.7 Å². The number of ether oxygens (including phenoxy) is 1. The zero-order valence-corrected chi connectivity index (χ0v) is 26.8. The molecule has 4 aliphatic heterocycles. The van der Waals surface area contributed by atoms with Gasteiger partial charge in [-0.15, -0.1) is 0 Å². The summed E-state index contributed by atoms with van der Waals surface area (Å²) < 4.78 is 80.7. The Bertz CT molecular complexity index is 1630. The summed E-state index contributed by atoms with van der Waals surface area (Å²) in [6.45, 7) is 5.47. The van der Waals surface area contributed by atoms with E-state index in [0.717, 1.165) is 32.2 Å². The number of alkyl halides is 4. The number of benzene rings is 1. The summed E-state index contributed by atoms with van der Waals surface area (Å²) in [5.74, 6) is -0.632. The normalized spacial score (nSPS) is 27.8. The number of aryl methyl sites for hydroxylation is 1. The van der Waals surface area contributed by atoms with Crippen molar-refractivity contribution in [3.05, 3.63) is 34.1 Å². The number of aromatic nitrogens is 3. The third kappa shape index (κ3) is 5.04. The minimum atomic E-state index is -4.81. The quantitative estimate of drug-likeness (QED) is 0.301. The summed E-state index contributed by atoms with van der Waals surface area (Å²) in [7, 11) is 0. The monoisotopic (exact) mass is 696 g/mol. The third-order valence-electron chi connectivity index (χ3n) is 9.78. The Morgan fingerprint density at radius 1 is 1.14 bits per heavy atom. The molecule has 4 aliphatic rings. The molecule has 4 fully saturated rings. The van der Waals surface area contributed by atoms with E-state index in [9.17, 15) is 17.6 Å². The van der Waals surface area contributed by atoms with Gasteiger partial charge in [0, 0.05) is 6.54 Å². The van der Waals surface area contributed by atoms with Crippen molar-refractivity contribution in [2.45, 2.75) is 82.0 Å². The van der Waals surface area contributed by atoms with E-state index in [1.54, 1.807) is 0 Å². The van der Waals surface area contributed by atoms with Crippen molar-refractivity contribution >= 4 is 49.7 Å². The Kier molecular flexibility index (Phi) is 7.54. The molecule has 0 aliphatic carbocycles. The van der Waals surface area contributed by atoms with Gasteiger partial charge < -0.3 is 0 Å². The standard InChI is InChI=1S/C30H31AsClF5N6O/c1-14-8-21(31)39-26(23(14)30(35,36)37)22-20(32)9-19-25(24(22)34)40-28(41-27(19)42-12-17-4-5-18(13-42)38-17)44-15(2)29-6-3-7-43(29)11-16(33)10-29/h8-9,15-18,38H,3-7,10-13H2,1-2H3/t15?,16-,17?,18?,29-/m1/s1. The number of fused-ring (bicyclic) bond motifs is 4. The van der Waals surface area contributed by atoms with Crippen molar-refractivity contribution in [3.63, 3.8) is 0 Å². The second-order valence-corrected chi connectivity index (χ2v) is 13.9. The number of nitrogens with zero attached hydrogens (tertiary/aromatic N) is 5. The molecule has 0 saturated carbocycles. The van der Waals surface area contributed by atoms with Gasteiger partial charge in [0.15, 0.2) is 0 Å². The van der Waals surface area contributed by atoms with Gasteiger partial charge in [-0.1, -0.05) is 0 Å². The van der Waals surface area contributed by atoms with E-state index in [2.05, 4.69) is 37.0 Å². The Morgan fingerprint density at radius 2 is 1.86 bits per heavy atom. The number of rotatable bonds is 5. The first kappa shape index (κ1) is 30.4. The summed E-state index contributed by atoms with van der Waals surface area (Å²) in [5.41, 5.74) is -2.99.